The summed E-state index contributed by atoms with van der Waals surface area (Å²) < 4.78 is 0. The average molecular weight is 280 g/mol. The highest BCUT2D eigenvalue weighted by atomic mass is 32.2. The molecule has 0 aromatic carbocycles. The van der Waals surface area contributed by atoms with Gasteiger partial charge in [-0.15, -0.1) is 0 Å². The SMILES string of the molecule is Cc1cc(C)nc(SCC(=O)NC(CN)C2CC2)n1. The van der Waals surface area contributed by atoms with E-state index in [4.69, 9.17) is 5.73 Å². The van der Waals surface area contributed by atoms with Crippen molar-refractivity contribution in [3.63, 3.8) is 0 Å². The Morgan fingerprint density at radius 1 is 1.47 bits per heavy atom. The van der Waals surface area contributed by atoms with Gasteiger partial charge in [-0.2, -0.15) is 0 Å². The number of carbonyl (C=O) groups is 1. The highest BCUT2D eigenvalue weighted by molar-refractivity contribution is 7.99. The number of thioether (sulfide) groups is 1. The molecule has 2 rings (SSSR count). The molecule has 1 saturated carbocycles. The minimum absolute atomic E-state index is 0.00936. The number of nitrogens with two attached hydrogens (primary N) is 1. The number of nitrogens with zero attached hydrogens (tertiary/aromatic N) is 2. The Balaban J connectivity index is 1.82. The minimum atomic E-state index is 0.00936. The van der Waals surface area contributed by atoms with Crippen molar-refractivity contribution in [3.05, 3.63) is 17.5 Å². The second-order valence-electron chi connectivity index (χ2n) is 4.97. The Morgan fingerprint density at radius 3 is 2.63 bits per heavy atom. The van der Waals surface area contributed by atoms with Gasteiger partial charge in [0.15, 0.2) is 5.16 Å². The predicted octanol–water partition coefficient (Wildman–Crippen LogP) is 1.04. The number of carbonyl (C=O) groups excluding carboxylic acids is 1. The molecular weight excluding hydrogens is 260 g/mol. The Morgan fingerprint density at radius 2 is 2.11 bits per heavy atom. The summed E-state index contributed by atoms with van der Waals surface area (Å²) >= 11 is 1.37. The number of nitrogens with one attached hydrogen (secondary N) is 1. The van der Waals surface area contributed by atoms with Gasteiger partial charge in [-0.1, -0.05) is 11.8 Å². The van der Waals surface area contributed by atoms with Crippen LogP contribution in [0.1, 0.15) is 24.2 Å². The van der Waals surface area contributed by atoms with E-state index >= 15 is 0 Å². The monoisotopic (exact) mass is 280 g/mol. The smallest absolute Gasteiger partial charge is 0.230 e. The summed E-state index contributed by atoms with van der Waals surface area (Å²) in [5.74, 6) is 0.929. The highest BCUT2D eigenvalue weighted by Crippen LogP contribution is 2.32. The Bertz CT molecular complexity index is 442. The van der Waals surface area contributed by atoms with Crippen molar-refractivity contribution < 1.29 is 4.79 Å². The molecule has 1 aromatic rings. The molecule has 1 aliphatic carbocycles. The first kappa shape index (κ1) is 14.3. The molecule has 1 amide bonds. The van der Waals surface area contributed by atoms with Crippen molar-refractivity contribution in [1.29, 1.82) is 0 Å². The van der Waals surface area contributed by atoms with Crippen LogP contribution in [0.15, 0.2) is 11.2 Å². The number of hydrogen-bond donors (Lipinski definition) is 2. The van der Waals surface area contributed by atoms with Crippen LogP contribution in [0.3, 0.4) is 0 Å². The molecule has 104 valence electrons. The van der Waals surface area contributed by atoms with Crippen LogP contribution in [-0.4, -0.2) is 34.2 Å². The lowest BCUT2D eigenvalue weighted by Gasteiger charge is -2.15. The molecule has 5 nitrogen and oxygen atoms in total. The van der Waals surface area contributed by atoms with E-state index in [2.05, 4.69) is 15.3 Å². The molecule has 0 saturated heterocycles. The Kier molecular flexibility index (Phi) is 4.76. The highest BCUT2D eigenvalue weighted by Gasteiger charge is 2.31. The first-order valence-electron chi connectivity index (χ1n) is 6.53. The fourth-order valence-corrected chi connectivity index (χ4v) is 2.77. The summed E-state index contributed by atoms with van der Waals surface area (Å²) in [5.41, 5.74) is 7.51. The number of amides is 1. The third-order valence-corrected chi connectivity index (χ3v) is 3.93. The lowest BCUT2D eigenvalue weighted by Crippen LogP contribution is -2.42. The molecular formula is C13H20N4OS. The van der Waals surface area contributed by atoms with Crippen LogP contribution < -0.4 is 11.1 Å². The normalized spacial score (nSPS) is 16.2. The zero-order chi connectivity index (χ0) is 13.8. The molecule has 19 heavy (non-hydrogen) atoms. The second kappa shape index (κ2) is 6.34. The zero-order valence-corrected chi connectivity index (χ0v) is 12.2. The topological polar surface area (TPSA) is 80.9 Å². The van der Waals surface area contributed by atoms with Crippen molar-refractivity contribution in [3.8, 4) is 0 Å². The van der Waals surface area contributed by atoms with Crippen LogP contribution in [0.4, 0.5) is 0 Å². The molecule has 1 unspecified atom stereocenters. The van der Waals surface area contributed by atoms with Crippen molar-refractivity contribution in [2.75, 3.05) is 12.3 Å². The van der Waals surface area contributed by atoms with Gasteiger partial charge in [-0.25, -0.2) is 9.97 Å². The summed E-state index contributed by atoms with van der Waals surface area (Å²) in [6.07, 6.45) is 2.35. The predicted molar refractivity (Wildman–Crippen MR) is 75.9 cm³/mol. The van der Waals surface area contributed by atoms with Crippen molar-refractivity contribution in [2.24, 2.45) is 11.7 Å². The maximum absolute atomic E-state index is 11.8. The lowest BCUT2D eigenvalue weighted by molar-refractivity contribution is -0.119. The average Bonchev–Trinajstić information content (AvgIpc) is 3.16. The van der Waals surface area contributed by atoms with Gasteiger partial charge >= 0.3 is 0 Å². The van der Waals surface area contributed by atoms with E-state index in [1.165, 1.54) is 24.6 Å². The fourth-order valence-electron chi connectivity index (χ4n) is 2.00. The molecule has 1 fully saturated rings. The van der Waals surface area contributed by atoms with Crippen LogP contribution >= 0.6 is 11.8 Å². The summed E-state index contributed by atoms with van der Waals surface area (Å²) in [4.78, 5) is 20.4. The minimum Gasteiger partial charge on any atom is -0.351 e. The molecule has 6 heteroatoms. The van der Waals surface area contributed by atoms with Crippen LogP contribution in [0, 0.1) is 19.8 Å². The number of aryl methyl sites for hydroxylation is 2. The van der Waals surface area contributed by atoms with Crippen molar-refractivity contribution in [1.82, 2.24) is 15.3 Å². The summed E-state index contributed by atoms with van der Waals surface area (Å²) in [7, 11) is 0. The van der Waals surface area contributed by atoms with Gasteiger partial charge < -0.3 is 11.1 Å². The number of hydrogen-bond acceptors (Lipinski definition) is 5. The summed E-state index contributed by atoms with van der Waals surface area (Å²) in [6.45, 7) is 4.37. The molecule has 1 atom stereocenters. The molecule has 0 radical (unpaired) electrons. The van der Waals surface area contributed by atoms with Crippen molar-refractivity contribution >= 4 is 17.7 Å². The standard InChI is InChI=1S/C13H20N4OS/c1-8-5-9(2)16-13(15-8)19-7-12(18)17-11(6-14)10-3-4-10/h5,10-11H,3-4,6-7,14H2,1-2H3,(H,17,18). The number of aromatic nitrogens is 2. The summed E-state index contributed by atoms with van der Waals surface area (Å²) in [5, 5.41) is 3.64. The van der Waals surface area contributed by atoms with E-state index in [0.29, 0.717) is 23.4 Å². The van der Waals surface area contributed by atoms with Crippen molar-refractivity contribution in [2.45, 2.75) is 37.9 Å². The van der Waals surface area contributed by atoms with E-state index in [9.17, 15) is 4.79 Å². The molecule has 0 spiro atoms. The van der Waals surface area contributed by atoms with Crippen LogP contribution in [0.2, 0.25) is 0 Å². The zero-order valence-electron chi connectivity index (χ0n) is 11.3. The van der Waals surface area contributed by atoms with Crippen LogP contribution in [0.25, 0.3) is 0 Å². The molecule has 0 aliphatic heterocycles. The van der Waals surface area contributed by atoms with E-state index in [0.717, 1.165) is 11.4 Å². The van der Waals surface area contributed by atoms with Gasteiger partial charge in [0.1, 0.15) is 0 Å². The molecule has 1 aromatic heterocycles. The van der Waals surface area contributed by atoms with Crippen LogP contribution in [-0.2, 0) is 4.79 Å². The fraction of sp³-hybridized carbons (Fsp3) is 0.615. The molecule has 1 heterocycles. The molecule has 0 bridgehead atoms. The second-order valence-corrected chi connectivity index (χ2v) is 5.91. The first-order valence-corrected chi connectivity index (χ1v) is 7.51. The number of rotatable bonds is 6. The van der Waals surface area contributed by atoms with E-state index in [1.54, 1.807) is 0 Å². The van der Waals surface area contributed by atoms with Gasteiger partial charge in [-0.3, -0.25) is 4.79 Å². The quantitative estimate of drug-likeness (QED) is 0.601. The maximum Gasteiger partial charge on any atom is 0.230 e. The third kappa shape index (κ3) is 4.47. The lowest BCUT2D eigenvalue weighted by atomic mass is 10.2. The third-order valence-electron chi connectivity index (χ3n) is 3.09. The largest absolute Gasteiger partial charge is 0.351 e. The van der Waals surface area contributed by atoms with Gasteiger partial charge in [0.05, 0.1) is 5.75 Å². The van der Waals surface area contributed by atoms with Gasteiger partial charge in [0.25, 0.3) is 0 Å². The van der Waals surface area contributed by atoms with Gasteiger partial charge in [0.2, 0.25) is 5.91 Å². The molecule has 1 aliphatic rings. The Hall–Kier alpha value is -1.14. The molecule has 3 N–H and O–H groups in total. The van der Waals surface area contributed by atoms with E-state index in [-0.39, 0.29) is 11.9 Å². The summed E-state index contributed by atoms with van der Waals surface area (Å²) in [6, 6.07) is 2.05. The Labute approximate surface area is 117 Å². The van der Waals surface area contributed by atoms with Crippen LogP contribution in [0.5, 0.6) is 0 Å². The van der Waals surface area contributed by atoms with E-state index < -0.39 is 0 Å². The van der Waals surface area contributed by atoms with Gasteiger partial charge in [0, 0.05) is 24.0 Å². The van der Waals surface area contributed by atoms with Gasteiger partial charge in [-0.05, 0) is 38.7 Å². The van der Waals surface area contributed by atoms with E-state index in [1.807, 2.05) is 19.9 Å². The maximum atomic E-state index is 11.8. The first-order chi connectivity index (χ1) is 9.08.